The van der Waals surface area contributed by atoms with Crippen molar-refractivity contribution >= 4 is 54.3 Å². The summed E-state index contributed by atoms with van der Waals surface area (Å²) in [6.45, 7) is 26.5. The van der Waals surface area contributed by atoms with Crippen molar-refractivity contribution in [2.45, 2.75) is 270 Å². The van der Waals surface area contributed by atoms with Crippen LogP contribution >= 0.6 is 0 Å². The van der Waals surface area contributed by atoms with Crippen molar-refractivity contribution < 1.29 is 109 Å². The van der Waals surface area contributed by atoms with E-state index in [0.29, 0.717) is 16.7 Å². The van der Waals surface area contributed by atoms with Crippen LogP contribution < -0.4 is 31.9 Å². The van der Waals surface area contributed by atoms with Crippen molar-refractivity contribution in [2.75, 3.05) is 19.7 Å². The van der Waals surface area contributed by atoms with Crippen molar-refractivity contribution in [2.24, 2.45) is 0 Å². The fourth-order valence-electron chi connectivity index (χ4n) is 11.5. The summed E-state index contributed by atoms with van der Waals surface area (Å²) in [5, 5.41) is 16.1. The highest BCUT2D eigenvalue weighted by Gasteiger charge is 2.57. The molecule has 1 aliphatic carbocycles. The largest absolute Gasteiger partial charge is 0.457 e. The Labute approximate surface area is 590 Å². The smallest absolute Gasteiger partial charge is 0.408 e. The van der Waals surface area contributed by atoms with E-state index in [1.807, 2.05) is 91.0 Å². The minimum atomic E-state index is -2.64. The average Bonchev–Trinajstić information content (AvgIpc) is 0.696. The van der Waals surface area contributed by atoms with Gasteiger partial charge in [0.2, 0.25) is 0 Å². The number of hydrogen-bond donors (Lipinski definition) is 6. The van der Waals surface area contributed by atoms with E-state index >= 15 is 9.18 Å². The van der Waals surface area contributed by atoms with Gasteiger partial charge in [0.1, 0.15) is 58.0 Å². The van der Waals surface area contributed by atoms with E-state index in [4.69, 9.17) is 61.6 Å². The van der Waals surface area contributed by atoms with Crippen LogP contribution in [0.15, 0.2) is 91.0 Å². The molecule has 2 heterocycles. The highest BCUT2D eigenvalue weighted by Crippen LogP contribution is 2.43. The Kier molecular flexibility index (Phi) is 28.3. The second-order valence-corrected chi connectivity index (χ2v) is 29.9. The first-order valence-electron chi connectivity index (χ1n) is 33.8. The van der Waals surface area contributed by atoms with Crippen LogP contribution in [0.1, 0.15) is 167 Å². The molecule has 560 valence electrons. The number of nitrogens with one attached hydrogen (secondary N) is 6. The van der Waals surface area contributed by atoms with Crippen LogP contribution in [-0.2, 0) is 86.4 Å². The van der Waals surface area contributed by atoms with E-state index < -0.39 is 187 Å². The summed E-state index contributed by atoms with van der Waals surface area (Å²) in [5.74, 6) is -3.92. The summed E-state index contributed by atoms with van der Waals surface area (Å²) in [6.07, 6.45) is -23.8. The van der Waals surface area contributed by atoms with Crippen molar-refractivity contribution in [3.8, 4) is 0 Å². The number of halogens is 1. The Bertz CT molecular complexity index is 3160. The summed E-state index contributed by atoms with van der Waals surface area (Å²) in [7, 11) is 0. The van der Waals surface area contributed by atoms with Gasteiger partial charge in [0.15, 0.2) is 37.1 Å². The van der Waals surface area contributed by atoms with Crippen molar-refractivity contribution in [3.63, 3.8) is 0 Å². The summed E-state index contributed by atoms with van der Waals surface area (Å²) in [5.41, 5.74) is -4.77. The van der Waals surface area contributed by atoms with Gasteiger partial charge in [-0.3, -0.25) is 19.2 Å². The molecule has 0 radical (unpaired) electrons. The molecule has 14 atom stereocenters. The highest BCUT2D eigenvalue weighted by atomic mass is 19.1. The number of alkyl halides is 1. The average molecular weight is 1420 g/mol. The van der Waals surface area contributed by atoms with Gasteiger partial charge in [-0.25, -0.2) is 28.4 Å². The molecule has 3 fully saturated rings. The minimum Gasteiger partial charge on any atom is -0.457 e. The SMILES string of the molecule is CC(=O)OC1[C@@H](O[C@@H]2C(F)C(O[C@H]3OC(CNC(=O)OC(C)(C)C)CCC3NC(=O)OC(C)(C)C)[C@H](NC(=O)OC(C)(C)C)C[C@H]2NC(=O)[C@H](CCNC(=O)OC(C)(C)C)OC(C)=O)OC(COC(c2ccccc2)(c2ccccc2)c2ccccc2)[C@H](OC(C)=O)[C@@H]1NC(=O)OC(C)(C)C. The molecule has 3 aliphatic rings. The number of carbonyl (C=O) groups excluding carboxylic acids is 9. The number of hydrogen-bond acceptors (Lipinski definition) is 22. The first-order chi connectivity index (χ1) is 47.0. The monoisotopic (exact) mass is 1420 g/mol. The van der Waals surface area contributed by atoms with Crippen LogP contribution in [0.2, 0.25) is 0 Å². The molecule has 0 bridgehead atoms. The summed E-state index contributed by atoms with van der Waals surface area (Å²) >= 11 is 0. The fourth-order valence-corrected chi connectivity index (χ4v) is 11.5. The molecule has 0 aromatic heterocycles. The van der Waals surface area contributed by atoms with Gasteiger partial charge in [-0.2, -0.15) is 0 Å². The number of benzene rings is 3. The van der Waals surface area contributed by atoms with Crippen molar-refractivity contribution in [1.82, 2.24) is 31.9 Å². The predicted octanol–water partition coefficient (Wildman–Crippen LogP) is 9.14. The quantitative estimate of drug-likeness (QED) is 0.0293. The van der Waals surface area contributed by atoms with E-state index in [0.717, 1.165) is 20.8 Å². The molecule has 2 aliphatic heterocycles. The van der Waals surface area contributed by atoms with Gasteiger partial charge >= 0.3 is 48.4 Å². The molecule has 6 N–H and O–H groups in total. The molecule has 3 aromatic rings. The molecule has 28 nitrogen and oxygen atoms in total. The summed E-state index contributed by atoms with van der Waals surface area (Å²) in [4.78, 5) is 123. The third-order valence-electron chi connectivity index (χ3n) is 15.2. The van der Waals surface area contributed by atoms with E-state index in [2.05, 4.69) is 31.9 Å². The normalized spacial score (nSPS) is 24.5. The molecule has 6 amide bonds. The Morgan fingerprint density at radius 2 is 0.891 bits per heavy atom. The van der Waals surface area contributed by atoms with Crippen LogP contribution in [0.25, 0.3) is 0 Å². The number of esters is 3. The van der Waals surface area contributed by atoms with Gasteiger partial charge in [0.25, 0.3) is 5.91 Å². The van der Waals surface area contributed by atoms with Crippen LogP contribution in [0, 0.1) is 0 Å². The molecule has 6 unspecified atom stereocenters. The standard InChI is InChI=1S/C72H103FN6O22/c1-41(80)90-51(36-37-74-62(84)97-67(4,5)6)59(83)76-49-38-50(78-65(87)100-70(13,14)15)56(95-60-48(77-64(86)99-69(10,11)12)35-34-47(93-60)39-75-63(85)98-68(7,8)9)53(73)55(49)96-61-58(92-43(3)82)54(79-66(88)101-71(16,17)18)57(91-42(2)81)52(94-61)40-89-72(44-28-22-19-23-29-44,45-30-24-20-25-31-45)46-32-26-21-27-33-46/h19-33,47-58,60-61H,34-40H2,1-18H3,(H,74,84)(H,75,85)(H,76,83)(H,77,86)(H,78,87)(H,79,88)/t47?,48?,49-,50-,51+,52?,53?,54+,55+,56?,57+,58?,60-,61-/m1/s1. The number of rotatable bonds is 23. The number of carbonyl (C=O) groups is 9. The Hall–Kier alpha value is -8.38. The summed E-state index contributed by atoms with van der Waals surface area (Å²) < 4.78 is 99.5. The molecule has 0 spiro atoms. The zero-order valence-corrected chi connectivity index (χ0v) is 61.1. The Morgan fingerprint density at radius 3 is 1.35 bits per heavy atom. The van der Waals surface area contributed by atoms with Crippen LogP contribution in [0.3, 0.4) is 0 Å². The molecular formula is C72H103FN6O22. The lowest BCUT2D eigenvalue weighted by molar-refractivity contribution is -0.316. The molecule has 29 heteroatoms. The number of amides is 6. The minimum absolute atomic E-state index is 0.0659. The first kappa shape index (κ1) is 81.6. The second-order valence-electron chi connectivity index (χ2n) is 29.9. The molecular weight excluding hydrogens is 1320 g/mol. The second kappa shape index (κ2) is 35.0. The maximum Gasteiger partial charge on any atom is 0.408 e. The zero-order chi connectivity index (χ0) is 75.0. The van der Waals surface area contributed by atoms with E-state index in [9.17, 15) is 38.4 Å². The fraction of sp³-hybridized carbons (Fsp3) is 0.625. The molecule has 1 saturated carbocycles. The van der Waals surface area contributed by atoms with Gasteiger partial charge in [0, 0.05) is 40.3 Å². The van der Waals surface area contributed by atoms with Gasteiger partial charge < -0.3 is 93.5 Å². The van der Waals surface area contributed by atoms with Crippen LogP contribution in [0.5, 0.6) is 0 Å². The maximum atomic E-state index is 19.5. The molecule has 2 saturated heterocycles. The van der Waals surface area contributed by atoms with E-state index in [1.165, 1.54) is 0 Å². The Balaban J connectivity index is 1.57. The molecule has 101 heavy (non-hydrogen) atoms. The third kappa shape index (κ3) is 25.9. The lowest BCUT2D eigenvalue weighted by Gasteiger charge is -2.50. The lowest BCUT2D eigenvalue weighted by Crippen LogP contribution is -2.70. The van der Waals surface area contributed by atoms with Crippen LogP contribution in [-0.4, -0.2) is 188 Å². The number of ether oxygens (including phenoxy) is 13. The van der Waals surface area contributed by atoms with Gasteiger partial charge in [-0.15, -0.1) is 0 Å². The van der Waals surface area contributed by atoms with Crippen molar-refractivity contribution in [1.29, 1.82) is 0 Å². The van der Waals surface area contributed by atoms with Crippen molar-refractivity contribution in [3.05, 3.63) is 108 Å². The third-order valence-corrected chi connectivity index (χ3v) is 15.2. The van der Waals surface area contributed by atoms with E-state index in [1.54, 1.807) is 104 Å². The van der Waals surface area contributed by atoms with Gasteiger partial charge in [0.05, 0.1) is 30.8 Å². The zero-order valence-electron chi connectivity index (χ0n) is 61.1. The molecule has 6 rings (SSSR count). The Morgan fingerprint density at radius 1 is 0.475 bits per heavy atom. The predicted molar refractivity (Wildman–Crippen MR) is 362 cm³/mol. The first-order valence-corrected chi connectivity index (χ1v) is 33.8. The van der Waals surface area contributed by atoms with E-state index in [-0.39, 0.29) is 32.4 Å². The van der Waals surface area contributed by atoms with Gasteiger partial charge in [-0.05, 0) is 140 Å². The lowest BCUT2D eigenvalue weighted by atomic mass is 9.80. The number of alkyl carbamates (subject to hydrolysis) is 5. The maximum absolute atomic E-state index is 19.5. The topological polar surface area (TPSA) is 346 Å². The molecule has 3 aromatic carbocycles. The van der Waals surface area contributed by atoms with Gasteiger partial charge in [-0.1, -0.05) is 91.0 Å². The summed E-state index contributed by atoms with van der Waals surface area (Å²) in [6, 6.07) is 21.3. The van der Waals surface area contributed by atoms with Crippen LogP contribution in [0.4, 0.5) is 28.4 Å². The highest BCUT2D eigenvalue weighted by molar-refractivity contribution is 5.84.